The van der Waals surface area contributed by atoms with Gasteiger partial charge in [-0.1, -0.05) is 68.9 Å². The molecule has 43 heavy (non-hydrogen) atoms. The van der Waals surface area contributed by atoms with Crippen LogP contribution in [0.2, 0.25) is 0 Å². The Balaban J connectivity index is 1.54. The van der Waals surface area contributed by atoms with Crippen LogP contribution >= 0.6 is 0 Å². The fraction of sp³-hybridized carbons (Fsp3) is 0.588. The molecule has 1 saturated carbocycles. The first-order valence-corrected chi connectivity index (χ1v) is 17.7. The number of carboxylic acids is 1. The number of rotatable bonds is 14. The van der Waals surface area contributed by atoms with Gasteiger partial charge in [0.25, 0.3) is 5.91 Å². The van der Waals surface area contributed by atoms with Gasteiger partial charge < -0.3 is 15.2 Å². The molecule has 2 N–H and O–H groups in total. The standard InChI is InChI=1S/C34H48N2O6S/c1-24-9-7-8-12-29(24)31-20-27(15-16-30(31)33(37)35-32(34(38)39)17-18-43(3,40)41)22-36-21-26(19-28(36)23-42-2)14-13-25-10-5-4-6-11-25/h7-9,12,15-16,20,25-26,28,32H,4-6,10-11,13-14,17-19,21-23H2,1-3H3,(H,35,37)(H,38,39)/t26-,28-,32+/m1/s1. The van der Waals surface area contributed by atoms with Crippen LogP contribution in [0.1, 0.15) is 79.3 Å². The minimum Gasteiger partial charge on any atom is -0.480 e. The highest BCUT2D eigenvalue weighted by molar-refractivity contribution is 7.90. The molecular weight excluding hydrogens is 564 g/mol. The fourth-order valence-corrected chi connectivity index (χ4v) is 7.51. The third kappa shape index (κ3) is 9.62. The van der Waals surface area contributed by atoms with E-state index < -0.39 is 27.8 Å². The van der Waals surface area contributed by atoms with Crippen LogP contribution in [0.15, 0.2) is 42.5 Å². The Bertz CT molecular complexity index is 1350. The number of carboxylic acid groups (broad SMARTS) is 1. The third-order valence-electron chi connectivity index (χ3n) is 9.21. The first-order chi connectivity index (χ1) is 20.5. The van der Waals surface area contributed by atoms with Crippen molar-refractivity contribution in [1.82, 2.24) is 10.2 Å². The molecule has 2 aromatic rings. The minimum absolute atomic E-state index is 0.199. The maximum absolute atomic E-state index is 13.5. The monoisotopic (exact) mass is 612 g/mol. The summed E-state index contributed by atoms with van der Waals surface area (Å²) in [6.45, 7) is 4.45. The molecule has 1 saturated heterocycles. The number of amides is 1. The Kier molecular flexibility index (Phi) is 11.8. The van der Waals surface area contributed by atoms with Crippen LogP contribution in [0, 0.1) is 18.8 Å². The molecule has 0 aromatic heterocycles. The number of sulfone groups is 1. The van der Waals surface area contributed by atoms with E-state index in [1.165, 1.54) is 44.9 Å². The predicted octanol–water partition coefficient (Wildman–Crippen LogP) is 5.48. The van der Waals surface area contributed by atoms with Gasteiger partial charge in [-0.25, -0.2) is 13.2 Å². The number of hydrogen-bond acceptors (Lipinski definition) is 6. The topological polar surface area (TPSA) is 113 Å². The lowest BCUT2D eigenvalue weighted by atomic mass is 9.84. The summed E-state index contributed by atoms with van der Waals surface area (Å²) in [5.74, 6) is -0.586. The van der Waals surface area contributed by atoms with Crippen LogP contribution in [0.5, 0.6) is 0 Å². The van der Waals surface area contributed by atoms with Gasteiger partial charge in [-0.3, -0.25) is 9.69 Å². The number of nitrogens with one attached hydrogen (secondary N) is 1. The van der Waals surface area contributed by atoms with Crippen molar-refractivity contribution in [3.8, 4) is 11.1 Å². The zero-order valence-electron chi connectivity index (χ0n) is 25.9. The third-order valence-corrected chi connectivity index (χ3v) is 10.2. The van der Waals surface area contributed by atoms with Gasteiger partial charge in [0.05, 0.1) is 12.4 Å². The van der Waals surface area contributed by atoms with Gasteiger partial charge in [0.2, 0.25) is 0 Å². The van der Waals surface area contributed by atoms with E-state index in [1.807, 2.05) is 43.3 Å². The van der Waals surface area contributed by atoms with Crippen molar-refractivity contribution in [3.63, 3.8) is 0 Å². The number of carbonyl (C=O) groups excluding carboxylic acids is 1. The lowest BCUT2D eigenvalue weighted by Crippen LogP contribution is -2.42. The van der Waals surface area contributed by atoms with E-state index in [0.29, 0.717) is 24.1 Å². The van der Waals surface area contributed by atoms with E-state index in [4.69, 9.17) is 4.74 Å². The number of aryl methyl sites for hydroxylation is 1. The van der Waals surface area contributed by atoms with E-state index in [-0.39, 0.29) is 12.2 Å². The highest BCUT2D eigenvalue weighted by atomic mass is 32.2. The minimum atomic E-state index is -3.38. The van der Waals surface area contributed by atoms with E-state index in [9.17, 15) is 23.1 Å². The number of aliphatic carboxylic acids is 1. The van der Waals surface area contributed by atoms with E-state index in [2.05, 4.69) is 10.2 Å². The van der Waals surface area contributed by atoms with Crippen molar-refractivity contribution in [2.45, 2.75) is 83.3 Å². The zero-order chi connectivity index (χ0) is 31.0. The Labute approximate surface area is 257 Å². The lowest BCUT2D eigenvalue weighted by molar-refractivity contribution is -0.139. The van der Waals surface area contributed by atoms with Gasteiger partial charge >= 0.3 is 5.97 Å². The molecule has 8 nitrogen and oxygen atoms in total. The van der Waals surface area contributed by atoms with Crippen LogP contribution in [0.25, 0.3) is 11.1 Å². The maximum Gasteiger partial charge on any atom is 0.326 e. The zero-order valence-corrected chi connectivity index (χ0v) is 26.7. The molecule has 2 fully saturated rings. The molecule has 0 spiro atoms. The summed E-state index contributed by atoms with van der Waals surface area (Å²) >= 11 is 0. The molecule has 1 heterocycles. The second-order valence-corrected chi connectivity index (χ2v) is 15.0. The predicted molar refractivity (Wildman–Crippen MR) is 170 cm³/mol. The van der Waals surface area contributed by atoms with Gasteiger partial charge in [-0.2, -0.15) is 0 Å². The average Bonchev–Trinajstić information content (AvgIpc) is 3.35. The molecule has 1 amide bonds. The molecular formula is C34H48N2O6S. The molecule has 1 aliphatic carbocycles. The van der Waals surface area contributed by atoms with Gasteiger partial charge in [0, 0.05) is 38.1 Å². The van der Waals surface area contributed by atoms with Gasteiger partial charge in [-0.15, -0.1) is 0 Å². The number of ether oxygens (including phenoxy) is 1. The Hall–Kier alpha value is -2.75. The summed E-state index contributed by atoms with van der Waals surface area (Å²) < 4.78 is 28.9. The number of nitrogens with zero attached hydrogens (tertiary/aromatic N) is 1. The summed E-state index contributed by atoms with van der Waals surface area (Å²) in [6, 6.07) is 12.6. The molecule has 2 aromatic carbocycles. The molecule has 1 aliphatic heterocycles. The molecule has 9 heteroatoms. The van der Waals surface area contributed by atoms with Gasteiger partial charge in [0.15, 0.2) is 0 Å². The van der Waals surface area contributed by atoms with Gasteiger partial charge in [0.1, 0.15) is 15.9 Å². The van der Waals surface area contributed by atoms with Crippen molar-refractivity contribution >= 4 is 21.7 Å². The van der Waals surface area contributed by atoms with Crippen LogP contribution in [0.3, 0.4) is 0 Å². The molecule has 2 aliphatic rings. The van der Waals surface area contributed by atoms with E-state index >= 15 is 0 Å². The first-order valence-electron chi connectivity index (χ1n) is 15.7. The summed E-state index contributed by atoms with van der Waals surface area (Å²) in [5, 5.41) is 12.2. The van der Waals surface area contributed by atoms with Crippen LogP contribution in [-0.4, -0.2) is 74.7 Å². The normalized spacial score (nSPS) is 20.6. The highest BCUT2D eigenvalue weighted by Gasteiger charge is 2.33. The maximum atomic E-state index is 13.5. The van der Waals surface area contributed by atoms with Crippen LogP contribution in [0.4, 0.5) is 0 Å². The SMILES string of the molecule is COC[C@H]1C[C@@H](CCC2CCCCC2)CN1Cc1ccc(C(=O)N[C@@H](CCS(C)(=O)=O)C(=O)O)c(-c2ccccc2C)c1. The number of hydrogen-bond donors (Lipinski definition) is 2. The summed E-state index contributed by atoms with van der Waals surface area (Å²) in [7, 11) is -1.62. The quantitative estimate of drug-likeness (QED) is 0.291. The lowest BCUT2D eigenvalue weighted by Gasteiger charge is -2.25. The fourth-order valence-electron chi connectivity index (χ4n) is 6.85. The smallest absolute Gasteiger partial charge is 0.326 e. The van der Waals surface area contributed by atoms with Crippen molar-refractivity contribution in [1.29, 1.82) is 0 Å². The Morgan fingerprint density at radius 2 is 1.77 bits per heavy atom. The van der Waals surface area contributed by atoms with E-state index in [0.717, 1.165) is 53.9 Å². The molecule has 3 atom stereocenters. The summed E-state index contributed by atoms with van der Waals surface area (Å²) in [5.41, 5.74) is 4.08. The van der Waals surface area contributed by atoms with Crippen molar-refractivity contribution in [3.05, 3.63) is 59.2 Å². The number of carbonyl (C=O) groups is 2. The number of likely N-dealkylation sites (tertiary alicyclic amines) is 1. The number of benzene rings is 2. The van der Waals surface area contributed by atoms with Crippen LogP contribution < -0.4 is 5.32 Å². The Morgan fingerprint density at radius 3 is 2.44 bits per heavy atom. The Morgan fingerprint density at radius 1 is 1.05 bits per heavy atom. The molecule has 0 radical (unpaired) electrons. The highest BCUT2D eigenvalue weighted by Crippen LogP contribution is 2.35. The first kappa shape index (κ1) is 33.1. The van der Waals surface area contributed by atoms with E-state index in [1.54, 1.807) is 13.2 Å². The second kappa shape index (κ2) is 15.3. The van der Waals surface area contributed by atoms with Crippen molar-refractivity contribution in [2.24, 2.45) is 11.8 Å². The van der Waals surface area contributed by atoms with Gasteiger partial charge in [-0.05, 0) is 72.4 Å². The number of methoxy groups -OCH3 is 1. The molecule has 4 rings (SSSR count). The average molecular weight is 613 g/mol. The summed E-state index contributed by atoms with van der Waals surface area (Å²) in [4.78, 5) is 27.8. The summed E-state index contributed by atoms with van der Waals surface area (Å²) in [6.07, 6.45) is 11.5. The second-order valence-electron chi connectivity index (χ2n) is 12.7. The molecule has 0 unspecified atom stereocenters. The van der Waals surface area contributed by atoms with Crippen molar-refractivity contribution < 1.29 is 27.9 Å². The largest absolute Gasteiger partial charge is 0.480 e. The molecule has 0 bridgehead atoms. The molecule has 236 valence electrons. The van der Waals surface area contributed by atoms with Crippen molar-refractivity contribution in [2.75, 3.05) is 32.3 Å². The van der Waals surface area contributed by atoms with Crippen LogP contribution in [-0.2, 0) is 25.9 Å².